The number of rotatable bonds is 5. The van der Waals surface area contributed by atoms with Crippen molar-refractivity contribution < 1.29 is 19.8 Å². The summed E-state index contributed by atoms with van der Waals surface area (Å²) in [4.78, 5) is 26.7. The van der Waals surface area contributed by atoms with Crippen LogP contribution in [0.2, 0.25) is 0 Å². The standard InChI is InChI=1S/C13H22N2O4/c1-2-3-6-14(9-4-5-9)13(19)15-8-10(16)7-11(15)12(17)18/h9-11,16H,2-8H2,1H3,(H,17,18)/t10-,11-/m1/s1. The molecule has 2 amide bonds. The Morgan fingerprint density at radius 1 is 1.37 bits per heavy atom. The molecule has 0 unspecified atom stereocenters. The lowest BCUT2D eigenvalue weighted by Gasteiger charge is -2.30. The highest BCUT2D eigenvalue weighted by Crippen LogP contribution is 2.30. The molecule has 1 aliphatic carbocycles. The van der Waals surface area contributed by atoms with Gasteiger partial charge in [-0.3, -0.25) is 0 Å². The van der Waals surface area contributed by atoms with Gasteiger partial charge >= 0.3 is 12.0 Å². The maximum atomic E-state index is 12.5. The van der Waals surface area contributed by atoms with Gasteiger partial charge in [0.15, 0.2) is 0 Å². The van der Waals surface area contributed by atoms with E-state index in [1.54, 1.807) is 4.90 Å². The quantitative estimate of drug-likeness (QED) is 0.777. The summed E-state index contributed by atoms with van der Waals surface area (Å²) in [5.74, 6) is -1.03. The second kappa shape index (κ2) is 5.77. The second-order valence-corrected chi connectivity index (χ2v) is 5.46. The van der Waals surface area contributed by atoms with E-state index in [2.05, 4.69) is 6.92 Å². The maximum absolute atomic E-state index is 12.5. The molecule has 1 saturated carbocycles. The van der Waals surface area contributed by atoms with Crippen molar-refractivity contribution in [2.24, 2.45) is 0 Å². The summed E-state index contributed by atoms with van der Waals surface area (Å²) in [6, 6.07) is -0.837. The maximum Gasteiger partial charge on any atom is 0.326 e. The Kier molecular flexibility index (Phi) is 4.29. The average Bonchev–Trinajstić information content (AvgIpc) is 3.11. The SMILES string of the molecule is CCCCN(C(=O)N1C[C@H](O)C[C@@H]1C(=O)O)C1CC1. The number of aliphatic hydroxyl groups is 1. The van der Waals surface area contributed by atoms with Gasteiger partial charge in [0.1, 0.15) is 6.04 Å². The first kappa shape index (κ1) is 14.1. The largest absolute Gasteiger partial charge is 0.480 e. The minimum atomic E-state index is -1.03. The van der Waals surface area contributed by atoms with E-state index in [0.29, 0.717) is 6.54 Å². The van der Waals surface area contributed by atoms with Gasteiger partial charge in [-0.2, -0.15) is 0 Å². The fourth-order valence-electron chi connectivity index (χ4n) is 2.57. The monoisotopic (exact) mass is 270 g/mol. The number of carbonyl (C=O) groups is 2. The highest BCUT2D eigenvalue weighted by molar-refractivity contribution is 5.83. The van der Waals surface area contributed by atoms with E-state index in [1.165, 1.54) is 4.90 Å². The molecule has 0 radical (unpaired) electrons. The van der Waals surface area contributed by atoms with E-state index in [4.69, 9.17) is 5.11 Å². The molecule has 0 aromatic heterocycles. The molecule has 2 fully saturated rings. The molecule has 108 valence electrons. The third-order valence-electron chi connectivity index (χ3n) is 3.80. The zero-order valence-electron chi connectivity index (χ0n) is 11.3. The number of β-amino-alcohol motifs (C(OH)–C–C–N with tert-alkyl or cyclic N) is 1. The van der Waals surface area contributed by atoms with E-state index in [0.717, 1.165) is 25.7 Å². The summed E-state index contributed by atoms with van der Waals surface area (Å²) >= 11 is 0. The number of hydrogen-bond acceptors (Lipinski definition) is 3. The first-order valence-corrected chi connectivity index (χ1v) is 7.02. The number of aliphatic hydroxyl groups excluding tert-OH is 1. The van der Waals surface area contributed by atoms with Gasteiger partial charge in [0.25, 0.3) is 0 Å². The Bertz CT molecular complexity index is 357. The fourth-order valence-corrected chi connectivity index (χ4v) is 2.57. The van der Waals surface area contributed by atoms with E-state index < -0.39 is 18.1 Å². The minimum Gasteiger partial charge on any atom is -0.480 e. The van der Waals surface area contributed by atoms with Crippen LogP contribution in [0, 0.1) is 0 Å². The summed E-state index contributed by atoms with van der Waals surface area (Å²) in [7, 11) is 0. The van der Waals surface area contributed by atoms with Gasteiger partial charge in [-0.25, -0.2) is 9.59 Å². The third kappa shape index (κ3) is 3.18. The lowest BCUT2D eigenvalue weighted by atomic mass is 10.2. The lowest BCUT2D eigenvalue weighted by Crippen LogP contribution is -2.49. The third-order valence-corrected chi connectivity index (χ3v) is 3.80. The molecule has 1 aliphatic heterocycles. The van der Waals surface area contributed by atoms with Crippen LogP contribution >= 0.6 is 0 Å². The fraction of sp³-hybridized carbons (Fsp3) is 0.846. The average molecular weight is 270 g/mol. The molecule has 1 heterocycles. The van der Waals surface area contributed by atoms with Crippen molar-refractivity contribution in [3.05, 3.63) is 0 Å². The number of hydrogen-bond donors (Lipinski definition) is 2. The van der Waals surface area contributed by atoms with Gasteiger partial charge in [-0.05, 0) is 19.3 Å². The Morgan fingerprint density at radius 3 is 2.58 bits per heavy atom. The van der Waals surface area contributed by atoms with Gasteiger partial charge in [0.05, 0.1) is 6.10 Å². The van der Waals surface area contributed by atoms with Crippen LogP contribution in [0.4, 0.5) is 4.79 Å². The van der Waals surface area contributed by atoms with Crippen molar-refractivity contribution in [1.82, 2.24) is 9.80 Å². The molecule has 0 aromatic carbocycles. The molecule has 2 rings (SSSR count). The van der Waals surface area contributed by atoms with Gasteiger partial charge in [0.2, 0.25) is 0 Å². The Morgan fingerprint density at radius 2 is 2.05 bits per heavy atom. The molecule has 19 heavy (non-hydrogen) atoms. The van der Waals surface area contributed by atoms with Crippen molar-refractivity contribution in [3.8, 4) is 0 Å². The van der Waals surface area contributed by atoms with Crippen LogP contribution in [0.25, 0.3) is 0 Å². The van der Waals surface area contributed by atoms with Crippen LogP contribution in [-0.4, -0.2) is 63.3 Å². The highest BCUT2D eigenvalue weighted by Gasteiger charge is 2.43. The predicted octanol–water partition coefficient (Wildman–Crippen LogP) is 0.891. The molecule has 0 bridgehead atoms. The summed E-state index contributed by atoms with van der Waals surface area (Å²) in [5.41, 5.74) is 0. The molecule has 0 spiro atoms. The van der Waals surface area contributed by atoms with Gasteiger partial charge in [-0.1, -0.05) is 13.3 Å². The van der Waals surface area contributed by atoms with Crippen LogP contribution < -0.4 is 0 Å². The van der Waals surface area contributed by atoms with Crippen LogP contribution in [0.3, 0.4) is 0 Å². The number of unbranched alkanes of at least 4 members (excludes halogenated alkanes) is 1. The Labute approximate surface area is 113 Å². The number of likely N-dealkylation sites (tertiary alicyclic amines) is 1. The van der Waals surface area contributed by atoms with Crippen LogP contribution in [0.15, 0.2) is 0 Å². The molecule has 6 heteroatoms. The molecular formula is C13H22N2O4. The van der Waals surface area contributed by atoms with Crippen molar-refractivity contribution in [2.45, 2.75) is 57.2 Å². The normalized spacial score (nSPS) is 26.5. The zero-order valence-corrected chi connectivity index (χ0v) is 11.3. The lowest BCUT2D eigenvalue weighted by molar-refractivity contribution is -0.141. The van der Waals surface area contributed by atoms with Crippen molar-refractivity contribution in [2.75, 3.05) is 13.1 Å². The first-order chi connectivity index (χ1) is 9.04. The zero-order chi connectivity index (χ0) is 14.0. The Balaban J connectivity index is 2.05. The topological polar surface area (TPSA) is 81.1 Å². The van der Waals surface area contributed by atoms with E-state index >= 15 is 0 Å². The van der Waals surface area contributed by atoms with E-state index in [1.807, 2.05) is 0 Å². The van der Waals surface area contributed by atoms with Gasteiger partial charge in [0, 0.05) is 25.6 Å². The van der Waals surface area contributed by atoms with Crippen LogP contribution in [0.1, 0.15) is 39.0 Å². The smallest absolute Gasteiger partial charge is 0.326 e. The summed E-state index contributed by atoms with van der Waals surface area (Å²) in [5, 5.41) is 18.7. The molecular weight excluding hydrogens is 248 g/mol. The molecule has 2 N–H and O–H groups in total. The summed E-state index contributed by atoms with van der Waals surface area (Å²) in [6.45, 7) is 2.87. The van der Waals surface area contributed by atoms with Crippen molar-refractivity contribution in [3.63, 3.8) is 0 Å². The second-order valence-electron chi connectivity index (χ2n) is 5.46. The number of carbonyl (C=O) groups excluding carboxylic acids is 1. The summed E-state index contributed by atoms with van der Waals surface area (Å²) in [6.07, 6.45) is 3.34. The number of urea groups is 1. The Hall–Kier alpha value is -1.30. The van der Waals surface area contributed by atoms with Crippen molar-refractivity contribution in [1.29, 1.82) is 0 Å². The number of carboxylic acid groups (broad SMARTS) is 1. The molecule has 2 aliphatic rings. The molecule has 2 atom stereocenters. The molecule has 6 nitrogen and oxygen atoms in total. The predicted molar refractivity (Wildman–Crippen MR) is 68.8 cm³/mol. The number of amides is 2. The molecule has 1 saturated heterocycles. The van der Waals surface area contributed by atoms with Crippen LogP contribution in [0.5, 0.6) is 0 Å². The minimum absolute atomic E-state index is 0.130. The van der Waals surface area contributed by atoms with Gasteiger partial charge < -0.3 is 20.0 Å². The van der Waals surface area contributed by atoms with Gasteiger partial charge in [-0.15, -0.1) is 0 Å². The molecule has 0 aromatic rings. The van der Waals surface area contributed by atoms with Crippen LogP contribution in [-0.2, 0) is 4.79 Å². The highest BCUT2D eigenvalue weighted by atomic mass is 16.4. The van der Waals surface area contributed by atoms with Crippen molar-refractivity contribution >= 4 is 12.0 Å². The number of nitrogens with zero attached hydrogens (tertiary/aromatic N) is 2. The summed E-state index contributed by atoms with van der Waals surface area (Å²) < 4.78 is 0. The van der Waals surface area contributed by atoms with E-state index in [9.17, 15) is 14.7 Å². The first-order valence-electron chi connectivity index (χ1n) is 7.02. The number of aliphatic carboxylic acids is 1. The number of carboxylic acids is 1. The van der Waals surface area contributed by atoms with E-state index in [-0.39, 0.29) is 25.0 Å².